The van der Waals surface area contributed by atoms with E-state index in [2.05, 4.69) is 0 Å². The van der Waals surface area contributed by atoms with Gasteiger partial charge in [-0.15, -0.1) is 0 Å². The monoisotopic (exact) mass is 281 g/mol. The maximum Gasteiger partial charge on any atom is 0.308 e. The van der Waals surface area contributed by atoms with Crippen LogP contribution in [0.5, 0.6) is 11.5 Å². The van der Waals surface area contributed by atoms with Gasteiger partial charge in [-0.2, -0.15) is 0 Å². The Morgan fingerprint density at radius 3 is 2.30 bits per heavy atom. The van der Waals surface area contributed by atoms with Gasteiger partial charge in [0, 0.05) is 25.2 Å². The summed E-state index contributed by atoms with van der Waals surface area (Å²) in [7, 11) is 3.02. The highest BCUT2D eigenvalue weighted by Gasteiger charge is 2.20. The van der Waals surface area contributed by atoms with Gasteiger partial charge in [0.25, 0.3) is 0 Å². The van der Waals surface area contributed by atoms with E-state index in [0.717, 1.165) is 0 Å². The van der Waals surface area contributed by atoms with Crippen molar-refractivity contribution in [3.63, 3.8) is 0 Å². The Balaban J connectivity index is 3.09. The van der Waals surface area contributed by atoms with Crippen molar-refractivity contribution >= 4 is 17.6 Å². The summed E-state index contributed by atoms with van der Waals surface area (Å²) in [4.78, 5) is 24.1. The third-order valence-electron chi connectivity index (χ3n) is 2.94. The molecule has 1 aromatic rings. The molecular formula is C14H19NO5. The van der Waals surface area contributed by atoms with Crippen LogP contribution in [0, 0.1) is 5.92 Å². The average Bonchev–Trinajstić information content (AvgIpc) is 2.43. The molecule has 0 fully saturated rings. The fourth-order valence-corrected chi connectivity index (χ4v) is 1.76. The van der Waals surface area contributed by atoms with E-state index in [4.69, 9.17) is 14.6 Å². The van der Waals surface area contributed by atoms with E-state index < -0.39 is 11.9 Å². The summed E-state index contributed by atoms with van der Waals surface area (Å²) >= 11 is 0. The maximum absolute atomic E-state index is 11.7. The molecule has 6 heteroatoms. The molecule has 0 saturated heterocycles. The molecule has 1 unspecified atom stereocenters. The van der Waals surface area contributed by atoms with Crippen molar-refractivity contribution in [2.24, 2.45) is 5.92 Å². The summed E-state index contributed by atoms with van der Waals surface area (Å²) in [6.07, 6.45) is 0. The van der Waals surface area contributed by atoms with E-state index in [9.17, 15) is 9.59 Å². The van der Waals surface area contributed by atoms with E-state index in [1.165, 1.54) is 26.0 Å². The number of aliphatic carboxylic acids is 1. The van der Waals surface area contributed by atoms with Crippen LogP contribution in [-0.4, -0.2) is 37.7 Å². The molecule has 1 N–H and O–H groups in total. The number of carboxylic acids is 1. The molecule has 20 heavy (non-hydrogen) atoms. The van der Waals surface area contributed by atoms with Gasteiger partial charge >= 0.3 is 5.97 Å². The van der Waals surface area contributed by atoms with Gasteiger partial charge in [-0.25, -0.2) is 0 Å². The van der Waals surface area contributed by atoms with Gasteiger partial charge in [-0.3, -0.25) is 9.59 Å². The predicted octanol–water partition coefficient (Wildman–Crippen LogP) is 1.78. The largest absolute Gasteiger partial charge is 0.493 e. The number of rotatable bonds is 6. The third kappa shape index (κ3) is 3.63. The van der Waals surface area contributed by atoms with Gasteiger partial charge in [0.15, 0.2) is 11.5 Å². The van der Waals surface area contributed by atoms with Crippen molar-refractivity contribution in [3.05, 3.63) is 18.2 Å². The zero-order chi connectivity index (χ0) is 15.3. The molecule has 0 saturated carbocycles. The van der Waals surface area contributed by atoms with Crippen LogP contribution in [-0.2, 0) is 9.59 Å². The first-order chi connectivity index (χ1) is 9.40. The lowest BCUT2D eigenvalue weighted by Crippen LogP contribution is -2.35. The normalized spacial score (nSPS) is 11.6. The summed E-state index contributed by atoms with van der Waals surface area (Å²) < 4.78 is 10.3. The number of carbonyl (C=O) groups is 2. The highest BCUT2D eigenvalue weighted by Crippen LogP contribution is 2.31. The molecule has 0 aliphatic rings. The Kier molecular flexibility index (Phi) is 5.37. The molecule has 0 aliphatic heterocycles. The molecule has 6 nitrogen and oxygen atoms in total. The molecule has 0 heterocycles. The summed E-state index contributed by atoms with van der Waals surface area (Å²) in [5, 5.41) is 8.96. The second-order valence-electron chi connectivity index (χ2n) is 4.41. The molecule has 1 rings (SSSR count). The molecule has 0 radical (unpaired) electrons. The lowest BCUT2D eigenvalue weighted by atomic mass is 10.1. The van der Waals surface area contributed by atoms with Crippen LogP contribution in [0.1, 0.15) is 13.8 Å². The summed E-state index contributed by atoms with van der Waals surface area (Å²) in [5.74, 6) is -0.806. The molecule has 1 amide bonds. The highest BCUT2D eigenvalue weighted by molar-refractivity contribution is 5.92. The van der Waals surface area contributed by atoms with Gasteiger partial charge in [-0.05, 0) is 12.1 Å². The summed E-state index contributed by atoms with van der Waals surface area (Å²) in [5.41, 5.74) is 0.572. The van der Waals surface area contributed by atoms with E-state index in [1.807, 2.05) is 0 Å². The predicted molar refractivity (Wildman–Crippen MR) is 74.4 cm³/mol. The minimum absolute atomic E-state index is 0.0974. The Bertz CT molecular complexity index is 500. The fraction of sp³-hybridized carbons (Fsp3) is 0.429. The van der Waals surface area contributed by atoms with Crippen LogP contribution in [0.2, 0.25) is 0 Å². The smallest absolute Gasteiger partial charge is 0.308 e. The third-order valence-corrected chi connectivity index (χ3v) is 2.94. The van der Waals surface area contributed by atoms with Crippen molar-refractivity contribution in [2.45, 2.75) is 13.8 Å². The number of amides is 1. The van der Waals surface area contributed by atoms with E-state index in [-0.39, 0.29) is 12.5 Å². The van der Waals surface area contributed by atoms with Crippen LogP contribution in [0.4, 0.5) is 5.69 Å². The van der Waals surface area contributed by atoms with Crippen LogP contribution < -0.4 is 14.4 Å². The van der Waals surface area contributed by atoms with Crippen LogP contribution in [0.25, 0.3) is 0 Å². The Labute approximate surface area is 117 Å². The quantitative estimate of drug-likeness (QED) is 0.860. The van der Waals surface area contributed by atoms with E-state index in [0.29, 0.717) is 17.2 Å². The first kappa shape index (κ1) is 15.8. The number of carbonyl (C=O) groups excluding carboxylic acids is 1. The minimum atomic E-state index is -0.947. The molecule has 0 spiro atoms. The van der Waals surface area contributed by atoms with Crippen molar-refractivity contribution in [1.29, 1.82) is 0 Å². The number of anilines is 1. The molecule has 0 aliphatic carbocycles. The summed E-state index contributed by atoms with van der Waals surface area (Å²) in [6.45, 7) is 3.05. The first-order valence-electron chi connectivity index (χ1n) is 6.13. The number of ether oxygens (including phenoxy) is 2. The molecule has 1 atom stereocenters. The van der Waals surface area contributed by atoms with Crippen LogP contribution >= 0.6 is 0 Å². The van der Waals surface area contributed by atoms with Gasteiger partial charge < -0.3 is 19.5 Å². The standard InChI is InChI=1S/C14H19NO5/c1-9(14(17)18)8-15(10(2)16)11-5-6-12(19-3)13(7-11)20-4/h5-7,9H,8H2,1-4H3,(H,17,18). The summed E-state index contributed by atoms with van der Waals surface area (Å²) in [6, 6.07) is 5.02. The van der Waals surface area contributed by atoms with Crippen molar-refractivity contribution < 1.29 is 24.2 Å². The Morgan fingerprint density at radius 1 is 1.25 bits per heavy atom. The van der Waals surface area contributed by atoms with Crippen molar-refractivity contribution in [1.82, 2.24) is 0 Å². The van der Waals surface area contributed by atoms with Crippen molar-refractivity contribution in [2.75, 3.05) is 25.7 Å². The molecule has 0 aromatic heterocycles. The highest BCUT2D eigenvalue weighted by atomic mass is 16.5. The lowest BCUT2D eigenvalue weighted by Gasteiger charge is -2.24. The van der Waals surface area contributed by atoms with Crippen LogP contribution in [0.3, 0.4) is 0 Å². The molecule has 0 bridgehead atoms. The second-order valence-corrected chi connectivity index (χ2v) is 4.41. The molecule has 110 valence electrons. The Morgan fingerprint density at radius 2 is 1.85 bits per heavy atom. The number of methoxy groups -OCH3 is 2. The first-order valence-corrected chi connectivity index (χ1v) is 6.13. The van der Waals surface area contributed by atoms with E-state index in [1.54, 1.807) is 25.1 Å². The van der Waals surface area contributed by atoms with Gasteiger partial charge in [0.1, 0.15) is 0 Å². The van der Waals surface area contributed by atoms with Gasteiger partial charge in [-0.1, -0.05) is 6.92 Å². The number of hydrogen-bond acceptors (Lipinski definition) is 4. The molecular weight excluding hydrogens is 262 g/mol. The van der Waals surface area contributed by atoms with Crippen molar-refractivity contribution in [3.8, 4) is 11.5 Å². The second kappa shape index (κ2) is 6.79. The topological polar surface area (TPSA) is 76.1 Å². The number of hydrogen-bond donors (Lipinski definition) is 1. The fourth-order valence-electron chi connectivity index (χ4n) is 1.76. The lowest BCUT2D eigenvalue weighted by molar-refractivity contribution is -0.140. The van der Waals surface area contributed by atoms with E-state index >= 15 is 0 Å². The number of nitrogens with zero attached hydrogens (tertiary/aromatic N) is 1. The average molecular weight is 281 g/mol. The minimum Gasteiger partial charge on any atom is -0.493 e. The molecule has 1 aromatic carbocycles. The van der Waals surface area contributed by atoms with Gasteiger partial charge in [0.05, 0.1) is 20.1 Å². The number of carboxylic acid groups (broad SMARTS) is 1. The zero-order valence-electron chi connectivity index (χ0n) is 12.0. The number of benzene rings is 1. The Hall–Kier alpha value is -2.24. The maximum atomic E-state index is 11.7. The van der Waals surface area contributed by atoms with Gasteiger partial charge in [0.2, 0.25) is 5.91 Å². The zero-order valence-corrected chi connectivity index (χ0v) is 12.0. The SMILES string of the molecule is COc1ccc(N(CC(C)C(=O)O)C(C)=O)cc1OC. The van der Waals surface area contributed by atoms with Crippen LogP contribution in [0.15, 0.2) is 18.2 Å².